The molecule has 0 aliphatic rings. The number of aliphatic imine (C=N–C) groups is 1. The lowest BCUT2D eigenvalue weighted by atomic mass is 10.1. The van der Waals surface area contributed by atoms with Gasteiger partial charge in [0.15, 0.2) is 0 Å². The predicted molar refractivity (Wildman–Crippen MR) is 109 cm³/mol. The SMILES string of the molecule is CN=Cc1cc(C)ccc1Pc1ccccc1OCc1ccccc1. The van der Waals surface area contributed by atoms with Crippen molar-refractivity contribution >= 4 is 25.4 Å². The first-order valence-corrected chi connectivity index (χ1v) is 9.32. The van der Waals surface area contributed by atoms with Crippen molar-refractivity contribution in [2.75, 3.05) is 7.05 Å². The molecule has 126 valence electrons. The van der Waals surface area contributed by atoms with E-state index in [1.807, 2.05) is 43.6 Å². The van der Waals surface area contributed by atoms with Crippen LogP contribution >= 0.6 is 8.58 Å². The quantitative estimate of drug-likeness (QED) is 0.482. The molecule has 2 nitrogen and oxygen atoms in total. The normalized spacial score (nSPS) is 11.4. The Balaban J connectivity index is 1.82. The molecule has 0 spiro atoms. The first-order valence-electron chi connectivity index (χ1n) is 8.32. The third kappa shape index (κ3) is 4.78. The molecule has 3 heteroatoms. The number of para-hydroxylation sites is 1. The van der Waals surface area contributed by atoms with Gasteiger partial charge in [-0.25, -0.2) is 0 Å². The fourth-order valence-corrected chi connectivity index (χ4v) is 3.81. The number of aryl methyl sites for hydroxylation is 1. The maximum atomic E-state index is 6.09. The van der Waals surface area contributed by atoms with E-state index in [0.29, 0.717) is 15.2 Å². The van der Waals surface area contributed by atoms with E-state index in [9.17, 15) is 0 Å². The molecule has 1 atom stereocenters. The van der Waals surface area contributed by atoms with Gasteiger partial charge in [0.25, 0.3) is 0 Å². The average Bonchev–Trinajstić information content (AvgIpc) is 2.64. The van der Waals surface area contributed by atoms with Crippen molar-refractivity contribution in [1.29, 1.82) is 0 Å². The lowest BCUT2D eigenvalue weighted by Gasteiger charge is -2.13. The highest BCUT2D eigenvalue weighted by Crippen LogP contribution is 2.22. The number of hydrogen-bond acceptors (Lipinski definition) is 2. The van der Waals surface area contributed by atoms with E-state index in [2.05, 4.69) is 54.4 Å². The number of rotatable bonds is 6. The maximum Gasteiger partial charge on any atom is 0.127 e. The molecule has 0 N–H and O–H groups in total. The summed E-state index contributed by atoms with van der Waals surface area (Å²) < 4.78 is 6.09. The molecule has 0 heterocycles. The van der Waals surface area contributed by atoms with Crippen molar-refractivity contribution in [3.8, 4) is 5.75 Å². The van der Waals surface area contributed by atoms with E-state index < -0.39 is 0 Å². The van der Waals surface area contributed by atoms with Crippen LogP contribution in [0.25, 0.3) is 0 Å². The number of ether oxygens (including phenoxy) is 1. The second-order valence-electron chi connectivity index (χ2n) is 5.87. The van der Waals surface area contributed by atoms with Crippen molar-refractivity contribution in [1.82, 2.24) is 0 Å². The first-order chi connectivity index (χ1) is 12.3. The fraction of sp³-hybridized carbons (Fsp3) is 0.136. The van der Waals surface area contributed by atoms with Crippen LogP contribution < -0.4 is 15.3 Å². The molecule has 0 bridgehead atoms. The zero-order valence-corrected chi connectivity index (χ0v) is 15.6. The lowest BCUT2D eigenvalue weighted by molar-refractivity contribution is 0.309. The van der Waals surface area contributed by atoms with Crippen LogP contribution in [0.3, 0.4) is 0 Å². The molecule has 0 amide bonds. The number of benzene rings is 3. The summed E-state index contributed by atoms with van der Waals surface area (Å²) in [5.41, 5.74) is 3.60. The molecule has 0 radical (unpaired) electrons. The summed E-state index contributed by atoms with van der Waals surface area (Å²) in [5.74, 6) is 0.949. The number of nitrogens with zero attached hydrogens (tertiary/aromatic N) is 1. The van der Waals surface area contributed by atoms with Crippen LogP contribution in [0.15, 0.2) is 77.8 Å². The second kappa shape index (κ2) is 8.60. The van der Waals surface area contributed by atoms with Crippen LogP contribution in [0, 0.1) is 6.92 Å². The van der Waals surface area contributed by atoms with E-state index in [-0.39, 0.29) is 0 Å². The molecule has 0 aliphatic carbocycles. The van der Waals surface area contributed by atoms with Crippen LogP contribution in [-0.2, 0) is 6.61 Å². The average molecular weight is 347 g/mol. The van der Waals surface area contributed by atoms with E-state index in [4.69, 9.17) is 4.74 Å². The predicted octanol–water partition coefficient (Wildman–Crippen LogP) is 4.25. The largest absolute Gasteiger partial charge is 0.488 e. The molecular formula is C22H22NOP. The Bertz CT molecular complexity index is 859. The lowest BCUT2D eigenvalue weighted by Crippen LogP contribution is -2.12. The minimum Gasteiger partial charge on any atom is -0.488 e. The smallest absolute Gasteiger partial charge is 0.127 e. The Labute approximate surface area is 151 Å². The van der Waals surface area contributed by atoms with Gasteiger partial charge in [-0.2, -0.15) is 0 Å². The summed E-state index contributed by atoms with van der Waals surface area (Å²) in [6.45, 7) is 2.69. The summed E-state index contributed by atoms with van der Waals surface area (Å²) in [5, 5.41) is 2.50. The van der Waals surface area contributed by atoms with Crippen molar-refractivity contribution in [2.45, 2.75) is 13.5 Å². The summed E-state index contributed by atoms with van der Waals surface area (Å²) >= 11 is 0. The molecular weight excluding hydrogens is 325 g/mol. The van der Waals surface area contributed by atoms with Gasteiger partial charge in [-0.1, -0.05) is 74.8 Å². The second-order valence-corrected chi connectivity index (χ2v) is 7.20. The number of hydrogen-bond donors (Lipinski definition) is 0. The van der Waals surface area contributed by atoms with Crippen molar-refractivity contribution < 1.29 is 4.74 Å². The fourth-order valence-electron chi connectivity index (χ4n) is 2.62. The Kier molecular flexibility index (Phi) is 5.98. The molecule has 0 saturated heterocycles. The summed E-state index contributed by atoms with van der Waals surface area (Å²) in [7, 11) is 2.34. The van der Waals surface area contributed by atoms with Crippen LogP contribution in [-0.4, -0.2) is 13.3 Å². The van der Waals surface area contributed by atoms with Gasteiger partial charge in [-0.05, 0) is 29.9 Å². The van der Waals surface area contributed by atoms with Crippen molar-refractivity contribution in [3.63, 3.8) is 0 Å². The van der Waals surface area contributed by atoms with Crippen LogP contribution in [0.5, 0.6) is 5.75 Å². The van der Waals surface area contributed by atoms with Gasteiger partial charge < -0.3 is 4.74 Å². The van der Waals surface area contributed by atoms with E-state index >= 15 is 0 Å². The standard InChI is InChI=1S/C22H22NOP/c1-17-12-13-21(19(14-17)15-23-2)25-22-11-7-6-10-20(22)24-16-18-8-4-3-5-9-18/h3-15,25H,16H2,1-2H3. The first kappa shape index (κ1) is 17.4. The monoisotopic (exact) mass is 347 g/mol. The van der Waals surface area contributed by atoms with E-state index in [0.717, 1.165) is 5.75 Å². The molecule has 3 aromatic rings. The molecule has 0 fully saturated rings. The molecule has 3 rings (SSSR count). The summed E-state index contributed by atoms with van der Waals surface area (Å²) in [4.78, 5) is 4.20. The van der Waals surface area contributed by atoms with Gasteiger partial charge in [-0.3, -0.25) is 4.99 Å². The third-order valence-corrected chi connectivity index (χ3v) is 5.28. The highest BCUT2D eigenvalue weighted by Gasteiger charge is 2.08. The van der Waals surface area contributed by atoms with Gasteiger partial charge in [0.2, 0.25) is 0 Å². The van der Waals surface area contributed by atoms with Crippen LogP contribution in [0.2, 0.25) is 0 Å². The molecule has 0 aromatic heterocycles. The van der Waals surface area contributed by atoms with Gasteiger partial charge in [0.1, 0.15) is 12.4 Å². The zero-order valence-electron chi connectivity index (χ0n) is 14.6. The highest BCUT2D eigenvalue weighted by atomic mass is 31.1. The molecule has 0 aliphatic heterocycles. The minimum atomic E-state index is 0.532. The Hall–Kier alpha value is -2.44. The topological polar surface area (TPSA) is 21.6 Å². The van der Waals surface area contributed by atoms with Crippen molar-refractivity contribution in [3.05, 3.63) is 89.5 Å². The highest BCUT2D eigenvalue weighted by molar-refractivity contribution is 7.56. The van der Waals surface area contributed by atoms with Crippen LogP contribution in [0.1, 0.15) is 16.7 Å². The van der Waals surface area contributed by atoms with E-state index in [1.54, 1.807) is 0 Å². The molecule has 1 unspecified atom stereocenters. The van der Waals surface area contributed by atoms with Gasteiger partial charge in [0, 0.05) is 24.1 Å². The van der Waals surface area contributed by atoms with Gasteiger partial charge in [0.05, 0.1) is 0 Å². The Morgan fingerprint density at radius 2 is 1.68 bits per heavy atom. The zero-order chi connectivity index (χ0) is 17.5. The van der Waals surface area contributed by atoms with Gasteiger partial charge in [-0.15, -0.1) is 0 Å². The Morgan fingerprint density at radius 3 is 2.48 bits per heavy atom. The molecule has 25 heavy (non-hydrogen) atoms. The maximum absolute atomic E-state index is 6.09. The summed E-state index contributed by atoms with van der Waals surface area (Å²) in [6, 6.07) is 25.1. The Morgan fingerprint density at radius 1 is 0.920 bits per heavy atom. The summed E-state index contributed by atoms with van der Waals surface area (Å²) in [6.07, 6.45) is 1.93. The van der Waals surface area contributed by atoms with E-state index in [1.165, 1.54) is 27.3 Å². The van der Waals surface area contributed by atoms with Crippen molar-refractivity contribution in [2.24, 2.45) is 4.99 Å². The molecule has 3 aromatic carbocycles. The minimum absolute atomic E-state index is 0.532. The van der Waals surface area contributed by atoms with Crippen LogP contribution in [0.4, 0.5) is 0 Å². The molecule has 0 saturated carbocycles. The van der Waals surface area contributed by atoms with Gasteiger partial charge >= 0.3 is 0 Å². The third-order valence-electron chi connectivity index (χ3n) is 3.87.